The first kappa shape index (κ1) is 14.0. The molecule has 0 aromatic heterocycles. The van der Waals surface area contributed by atoms with Crippen molar-refractivity contribution in [1.29, 1.82) is 0 Å². The fourth-order valence-electron chi connectivity index (χ4n) is 1.02. The van der Waals surface area contributed by atoms with E-state index >= 15 is 0 Å². The maximum Gasteiger partial charge on any atom is 0.390 e. The van der Waals surface area contributed by atoms with Crippen LogP contribution < -0.4 is 10.5 Å². The summed E-state index contributed by atoms with van der Waals surface area (Å²) in [6.45, 7) is 4.06. The molecule has 0 aliphatic rings. The van der Waals surface area contributed by atoms with Gasteiger partial charge < -0.3 is 10.5 Å². The van der Waals surface area contributed by atoms with Crippen LogP contribution in [0.2, 0.25) is 0 Å². The third kappa shape index (κ3) is 9.31. The summed E-state index contributed by atoms with van der Waals surface area (Å²) >= 11 is 0. The van der Waals surface area contributed by atoms with E-state index in [1.54, 1.807) is 0 Å². The summed E-state index contributed by atoms with van der Waals surface area (Å²) in [7, 11) is 1.33. The van der Waals surface area contributed by atoms with Gasteiger partial charge in [-0.3, -0.25) is 9.59 Å². The van der Waals surface area contributed by atoms with E-state index in [1.807, 2.05) is 13.8 Å². The Morgan fingerprint density at radius 2 is 1.33 bits per heavy atom. The molecule has 0 aliphatic carbocycles. The number of carbonyl (C=O) groups is 2. The fourth-order valence-corrected chi connectivity index (χ4v) is 1.02. The SMILES string of the molecule is CCCCC(=O)N[B]NC(=O)CCCC. The third-order valence-corrected chi connectivity index (χ3v) is 1.98. The molecule has 0 rings (SSSR count). The summed E-state index contributed by atoms with van der Waals surface area (Å²) in [5.41, 5.74) is 0. The van der Waals surface area contributed by atoms with Crippen molar-refractivity contribution >= 4 is 19.4 Å². The van der Waals surface area contributed by atoms with E-state index in [1.165, 1.54) is 7.55 Å². The Hall–Kier alpha value is -0.995. The minimum atomic E-state index is -0.0485. The first-order valence-corrected chi connectivity index (χ1v) is 5.61. The fraction of sp³-hybridized carbons (Fsp3) is 0.800. The lowest BCUT2D eigenvalue weighted by Gasteiger charge is -2.04. The van der Waals surface area contributed by atoms with Gasteiger partial charge in [0.2, 0.25) is 11.8 Å². The van der Waals surface area contributed by atoms with Crippen molar-refractivity contribution in [3.05, 3.63) is 0 Å². The summed E-state index contributed by atoms with van der Waals surface area (Å²) in [4.78, 5) is 22.2. The van der Waals surface area contributed by atoms with Gasteiger partial charge in [-0.25, -0.2) is 0 Å². The van der Waals surface area contributed by atoms with Gasteiger partial charge >= 0.3 is 7.55 Å². The second-order valence-electron chi connectivity index (χ2n) is 3.49. The maximum atomic E-state index is 11.1. The van der Waals surface area contributed by atoms with E-state index in [9.17, 15) is 9.59 Å². The lowest BCUT2D eigenvalue weighted by atomic mass is 10.1. The van der Waals surface area contributed by atoms with Gasteiger partial charge in [-0.15, -0.1) is 0 Å². The summed E-state index contributed by atoms with van der Waals surface area (Å²) in [5, 5.41) is 5.06. The average molecular weight is 211 g/mol. The summed E-state index contributed by atoms with van der Waals surface area (Å²) in [6, 6.07) is 0. The van der Waals surface area contributed by atoms with Gasteiger partial charge in [0.25, 0.3) is 0 Å². The van der Waals surface area contributed by atoms with Crippen molar-refractivity contribution in [1.82, 2.24) is 10.5 Å². The monoisotopic (exact) mass is 211 g/mol. The quantitative estimate of drug-likeness (QED) is 0.591. The first-order chi connectivity index (χ1) is 7.20. The second-order valence-corrected chi connectivity index (χ2v) is 3.49. The van der Waals surface area contributed by atoms with Crippen LogP contribution in [-0.4, -0.2) is 19.4 Å². The number of carbonyl (C=O) groups excluding carboxylic acids is 2. The van der Waals surface area contributed by atoms with Crippen LogP contribution in [0.25, 0.3) is 0 Å². The Labute approximate surface area is 92.5 Å². The zero-order valence-corrected chi connectivity index (χ0v) is 9.64. The molecule has 2 amide bonds. The molecular weight excluding hydrogens is 191 g/mol. The van der Waals surface area contributed by atoms with Gasteiger partial charge in [0.05, 0.1) is 0 Å². The van der Waals surface area contributed by atoms with E-state index < -0.39 is 0 Å². The van der Waals surface area contributed by atoms with Crippen LogP contribution in [0.5, 0.6) is 0 Å². The zero-order valence-electron chi connectivity index (χ0n) is 9.64. The van der Waals surface area contributed by atoms with Gasteiger partial charge in [0.15, 0.2) is 0 Å². The molecule has 0 aromatic rings. The van der Waals surface area contributed by atoms with Crippen LogP contribution in [0, 0.1) is 0 Å². The Balaban J connectivity index is 3.36. The molecular formula is C10H20BN2O2. The van der Waals surface area contributed by atoms with Crippen molar-refractivity contribution in [2.75, 3.05) is 0 Å². The van der Waals surface area contributed by atoms with Crippen LogP contribution in [-0.2, 0) is 9.59 Å². The molecule has 1 radical (unpaired) electrons. The van der Waals surface area contributed by atoms with Crippen molar-refractivity contribution in [2.24, 2.45) is 0 Å². The number of hydrogen-bond acceptors (Lipinski definition) is 2. The summed E-state index contributed by atoms with van der Waals surface area (Å²) in [5.74, 6) is -0.0970. The lowest BCUT2D eigenvalue weighted by Crippen LogP contribution is -2.40. The summed E-state index contributed by atoms with van der Waals surface area (Å²) in [6.07, 6.45) is 4.77. The molecule has 15 heavy (non-hydrogen) atoms. The van der Waals surface area contributed by atoms with Crippen molar-refractivity contribution in [3.63, 3.8) is 0 Å². The molecule has 0 saturated carbocycles. The number of hydrogen-bond donors (Lipinski definition) is 2. The molecule has 0 unspecified atom stereocenters. The Morgan fingerprint density at radius 1 is 0.933 bits per heavy atom. The van der Waals surface area contributed by atoms with Gasteiger partial charge in [-0.1, -0.05) is 26.7 Å². The zero-order chi connectivity index (χ0) is 11.5. The number of amides is 2. The van der Waals surface area contributed by atoms with Gasteiger partial charge in [-0.2, -0.15) is 0 Å². The largest absolute Gasteiger partial charge is 0.390 e. The van der Waals surface area contributed by atoms with E-state index in [2.05, 4.69) is 10.5 Å². The minimum Gasteiger partial charge on any atom is -0.383 e. The third-order valence-electron chi connectivity index (χ3n) is 1.98. The maximum absolute atomic E-state index is 11.1. The van der Waals surface area contributed by atoms with Crippen molar-refractivity contribution in [2.45, 2.75) is 52.4 Å². The standard InChI is InChI=1S/C10H20BN2O2/c1-3-5-7-9(14)12-11-13-10(15)8-6-4-2/h3-8H2,1-2H3,(H,12,14)(H,13,15). The number of rotatable bonds is 8. The topological polar surface area (TPSA) is 58.2 Å². The molecule has 85 valence electrons. The van der Waals surface area contributed by atoms with Gasteiger partial charge in [-0.05, 0) is 12.8 Å². The smallest absolute Gasteiger partial charge is 0.383 e. The highest BCUT2D eigenvalue weighted by atomic mass is 16.2. The molecule has 4 nitrogen and oxygen atoms in total. The Morgan fingerprint density at radius 3 is 1.67 bits per heavy atom. The van der Waals surface area contributed by atoms with Gasteiger partial charge in [0, 0.05) is 12.8 Å². The molecule has 0 fully saturated rings. The Bertz CT molecular complexity index is 178. The highest BCUT2D eigenvalue weighted by molar-refractivity contribution is 6.38. The predicted octanol–water partition coefficient (Wildman–Crippen LogP) is 1.13. The molecule has 0 aromatic carbocycles. The average Bonchev–Trinajstić information content (AvgIpc) is 2.23. The Kier molecular flexibility index (Phi) is 8.92. The van der Waals surface area contributed by atoms with Crippen LogP contribution >= 0.6 is 0 Å². The minimum absolute atomic E-state index is 0.0485. The van der Waals surface area contributed by atoms with Gasteiger partial charge in [0.1, 0.15) is 0 Å². The molecule has 0 bridgehead atoms. The normalized spacial score (nSPS) is 9.47. The number of unbranched alkanes of at least 4 members (excludes halogenated alkanes) is 2. The predicted molar refractivity (Wildman–Crippen MR) is 61.1 cm³/mol. The molecule has 0 aliphatic heterocycles. The molecule has 0 saturated heterocycles. The molecule has 2 N–H and O–H groups in total. The van der Waals surface area contributed by atoms with Crippen LogP contribution in [0.4, 0.5) is 0 Å². The van der Waals surface area contributed by atoms with Crippen LogP contribution in [0.1, 0.15) is 52.4 Å². The second kappa shape index (κ2) is 9.56. The number of nitrogens with one attached hydrogen (secondary N) is 2. The highest BCUT2D eigenvalue weighted by Gasteiger charge is 2.04. The van der Waals surface area contributed by atoms with Crippen LogP contribution in [0.15, 0.2) is 0 Å². The van der Waals surface area contributed by atoms with E-state index in [4.69, 9.17) is 0 Å². The van der Waals surface area contributed by atoms with E-state index in [0.29, 0.717) is 12.8 Å². The molecule has 0 atom stereocenters. The van der Waals surface area contributed by atoms with Crippen molar-refractivity contribution < 1.29 is 9.59 Å². The molecule has 0 heterocycles. The van der Waals surface area contributed by atoms with Crippen molar-refractivity contribution in [3.8, 4) is 0 Å². The molecule has 5 heteroatoms. The first-order valence-electron chi connectivity index (χ1n) is 5.61. The van der Waals surface area contributed by atoms with E-state index in [0.717, 1.165) is 25.7 Å². The molecule has 0 spiro atoms. The highest BCUT2D eigenvalue weighted by Crippen LogP contribution is 1.93. The lowest BCUT2D eigenvalue weighted by molar-refractivity contribution is -0.119. The van der Waals surface area contributed by atoms with Crippen LogP contribution in [0.3, 0.4) is 0 Å². The van der Waals surface area contributed by atoms with E-state index in [-0.39, 0.29) is 11.8 Å². The summed E-state index contributed by atoms with van der Waals surface area (Å²) < 4.78 is 0.